The van der Waals surface area contributed by atoms with Crippen molar-refractivity contribution in [1.29, 1.82) is 0 Å². The Morgan fingerprint density at radius 3 is 2.62 bits per heavy atom. The van der Waals surface area contributed by atoms with E-state index in [1.54, 1.807) is 0 Å². The van der Waals surface area contributed by atoms with Crippen molar-refractivity contribution >= 4 is 15.9 Å². The topological polar surface area (TPSA) is 23.5 Å². The van der Waals surface area contributed by atoms with E-state index in [-0.39, 0.29) is 12.6 Å². The Morgan fingerprint density at radius 1 is 1.46 bits per heavy atom. The molecule has 1 unspecified atom stereocenters. The standard InChI is InChI=1S/C10H14BrNO/c1-12(2)10(7-13)8-4-3-5-9(11)6-8/h3-6,10,13H,7H2,1-2H3. The molecule has 0 saturated carbocycles. The molecule has 2 nitrogen and oxygen atoms in total. The van der Waals surface area contributed by atoms with Crippen molar-refractivity contribution < 1.29 is 5.11 Å². The van der Waals surface area contributed by atoms with Crippen molar-refractivity contribution in [2.75, 3.05) is 20.7 Å². The van der Waals surface area contributed by atoms with Gasteiger partial charge in [-0.3, -0.25) is 0 Å². The first kappa shape index (κ1) is 10.7. The van der Waals surface area contributed by atoms with Crippen LogP contribution in [0.1, 0.15) is 11.6 Å². The summed E-state index contributed by atoms with van der Waals surface area (Å²) in [5.74, 6) is 0. The van der Waals surface area contributed by atoms with Gasteiger partial charge in [0.2, 0.25) is 0 Å². The number of nitrogens with zero attached hydrogens (tertiary/aromatic N) is 1. The van der Waals surface area contributed by atoms with E-state index in [0.29, 0.717) is 0 Å². The van der Waals surface area contributed by atoms with E-state index in [2.05, 4.69) is 15.9 Å². The van der Waals surface area contributed by atoms with E-state index >= 15 is 0 Å². The van der Waals surface area contributed by atoms with Crippen LogP contribution in [0, 0.1) is 0 Å². The molecule has 0 radical (unpaired) electrons. The first-order chi connectivity index (χ1) is 6.15. The van der Waals surface area contributed by atoms with Gasteiger partial charge in [-0.05, 0) is 31.8 Å². The summed E-state index contributed by atoms with van der Waals surface area (Å²) in [6, 6.07) is 8.09. The first-order valence-electron chi connectivity index (χ1n) is 4.18. The van der Waals surface area contributed by atoms with Gasteiger partial charge in [-0.15, -0.1) is 0 Å². The zero-order valence-electron chi connectivity index (χ0n) is 7.87. The summed E-state index contributed by atoms with van der Waals surface area (Å²) in [5, 5.41) is 9.18. The summed E-state index contributed by atoms with van der Waals surface area (Å²) in [5.41, 5.74) is 1.13. The highest BCUT2D eigenvalue weighted by molar-refractivity contribution is 9.10. The van der Waals surface area contributed by atoms with Crippen LogP contribution in [0.5, 0.6) is 0 Å². The molecular weight excluding hydrogens is 230 g/mol. The summed E-state index contributed by atoms with van der Waals surface area (Å²) in [7, 11) is 3.92. The van der Waals surface area contributed by atoms with Crippen LogP contribution in [-0.4, -0.2) is 30.7 Å². The molecule has 0 aliphatic rings. The van der Waals surface area contributed by atoms with E-state index in [0.717, 1.165) is 10.0 Å². The van der Waals surface area contributed by atoms with Crippen LogP contribution >= 0.6 is 15.9 Å². The summed E-state index contributed by atoms with van der Waals surface area (Å²) in [6.45, 7) is 0.142. The van der Waals surface area contributed by atoms with E-state index in [4.69, 9.17) is 0 Å². The Bertz CT molecular complexity index is 275. The van der Waals surface area contributed by atoms with Crippen molar-refractivity contribution in [2.45, 2.75) is 6.04 Å². The number of hydrogen-bond acceptors (Lipinski definition) is 2. The second kappa shape index (κ2) is 4.74. The molecule has 1 aromatic rings. The highest BCUT2D eigenvalue weighted by Crippen LogP contribution is 2.20. The Balaban J connectivity index is 2.91. The van der Waals surface area contributed by atoms with Gasteiger partial charge in [0.25, 0.3) is 0 Å². The largest absolute Gasteiger partial charge is 0.394 e. The summed E-state index contributed by atoms with van der Waals surface area (Å²) < 4.78 is 1.05. The zero-order chi connectivity index (χ0) is 9.84. The lowest BCUT2D eigenvalue weighted by Gasteiger charge is -2.22. The van der Waals surface area contributed by atoms with Gasteiger partial charge in [-0.1, -0.05) is 28.1 Å². The maximum Gasteiger partial charge on any atom is 0.0628 e. The van der Waals surface area contributed by atoms with Gasteiger partial charge in [0, 0.05) is 4.47 Å². The monoisotopic (exact) mass is 243 g/mol. The second-order valence-corrected chi connectivity index (χ2v) is 4.13. The lowest BCUT2D eigenvalue weighted by Crippen LogP contribution is -2.22. The van der Waals surface area contributed by atoms with Crippen LogP contribution in [0.2, 0.25) is 0 Å². The van der Waals surface area contributed by atoms with Crippen LogP contribution in [-0.2, 0) is 0 Å². The Labute approximate surface area is 87.3 Å². The third-order valence-electron chi connectivity index (χ3n) is 2.03. The van der Waals surface area contributed by atoms with Gasteiger partial charge in [0.15, 0.2) is 0 Å². The number of likely N-dealkylation sites (N-methyl/N-ethyl adjacent to an activating group) is 1. The maximum atomic E-state index is 9.18. The lowest BCUT2D eigenvalue weighted by molar-refractivity contribution is 0.171. The zero-order valence-corrected chi connectivity index (χ0v) is 9.45. The third-order valence-corrected chi connectivity index (χ3v) is 2.52. The Hall–Kier alpha value is -0.380. The molecule has 0 bridgehead atoms. The van der Waals surface area contributed by atoms with Crippen LogP contribution in [0.15, 0.2) is 28.7 Å². The van der Waals surface area contributed by atoms with Crippen LogP contribution in [0.25, 0.3) is 0 Å². The van der Waals surface area contributed by atoms with Crippen molar-refractivity contribution in [3.05, 3.63) is 34.3 Å². The smallest absolute Gasteiger partial charge is 0.0628 e. The SMILES string of the molecule is CN(C)C(CO)c1cccc(Br)c1. The van der Waals surface area contributed by atoms with Gasteiger partial charge in [-0.2, -0.15) is 0 Å². The number of aliphatic hydroxyl groups excluding tert-OH is 1. The molecule has 0 fully saturated rings. The lowest BCUT2D eigenvalue weighted by atomic mass is 10.1. The van der Waals surface area contributed by atoms with Crippen LogP contribution in [0.3, 0.4) is 0 Å². The second-order valence-electron chi connectivity index (χ2n) is 3.22. The van der Waals surface area contributed by atoms with E-state index < -0.39 is 0 Å². The average molecular weight is 244 g/mol. The highest BCUT2D eigenvalue weighted by atomic mass is 79.9. The maximum absolute atomic E-state index is 9.18. The van der Waals surface area contributed by atoms with E-state index in [1.807, 2.05) is 43.3 Å². The number of benzene rings is 1. The van der Waals surface area contributed by atoms with E-state index in [1.165, 1.54) is 0 Å². The molecule has 1 atom stereocenters. The normalized spacial score (nSPS) is 13.3. The molecule has 1 N–H and O–H groups in total. The molecule has 1 aromatic carbocycles. The fourth-order valence-corrected chi connectivity index (χ4v) is 1.70. The molecule has 0 saturated heterocycles. The van der Waals surface area contributed by atoms with Crippen LogP contribution < -0.4 is 0 Å². The number of rotatable bonds is 3. The van der Waals surface area contributed by atoms with Gasteiger partial charge >= 0.3 is 0 Å². The third kappa shape index (κ3) is 2.79. The molecule has 0 spiro atoms. The molecule has 0 aliphatic heterocycles. The quantitative estimate of drug-likeness (QED) is 0.879. The predicted molar refractivity (Wildman–Crippen MR) is 57.7 cm³/mol. The molecule has 0 heterocycles. The molecule has 0 aromatic heterocycles. The first-order valence-corrected chi connectivity index (χ1v) is 4.97. The van der Waals surface area contributed by atoms with Gasteiger partial charge in [0.1, 0.15) is 0 Å². The average Bonchev–Trinajstić information content (AvgIpc) is 2.04. The van der Waals surface area contributed by atoms with Crippen LogP contribution in [0.4, 0.5) is 0 Å². The summed E-state index contributed by atoms with van der Waals surface area (Å²) in [4.78, 5) is 2.00. The number of halogens is 1. The van der Waals surface area contributed by atoms with Crippen molar-refractivity contribution in [1.82, 2.24) is 4.90 Å². The van der Waals surface area contributed by atoms with Crippen molar-refractivity contribution in [3.8, 4) is 0 Å². The van der Waals surface area contributed by atoms with Gasteiger partial charge in [-0.25, -0.2) is 0 Å². The predicted octanol–water partition coefficient (Wildman–Crippen LogP) is 2.04. The Kier molecular flexibility index (Phi) is 3.90. The molecule has 13 heavy (non-hydrogen) atoms. The van der Waals surface area contributed by atoms with E-state index in [9.17, 15) is 5.11 Å². The number of hydrogen-bond donors (Lipinski definition) is 1. The molecule has 0 aliphatic carbocycles. The molecule has 0 amide bonds. The summed E-state index contributed by atoms with van der Waals surface area (Å²) in [6.07, 6.45) is 0. The number of aliphatic hydroxyl groups is 1. The molecule has 72 valence electrons. The molecular formula is C10H14BrNO. The summed E-state index contributed by atoms with van der Waals surface area (Å²) >= 11 is 3.41. The minimum absolute atomic E-state index is 0.0810. The molecule has 1 rings (SSSR count). The van der Waals surface area contributed by atoms with Gasteiger partial charge < -0.3 is 10.0 Å². The molecule has 3 heteroatoms. The Morgan fingerprint density at radius 2 is 2.15 bits per heavy atom. The highest BCUT2D eigenvalue weighted by Gasteiger charge is 2.12. The van der Waals surface area contributed by atoms with Gasteiger partial charge in [0.05, 0.1) is 12.6 Å². The van der Waals surface area contributed by atoms with Crippen molar-refractivity contribution in [3.63, 3.8) is 0 Å². The minimum atomic E-state index is 0.0810. The fourth-order valence-electron chi connectivity index (χ4n) is 1.28. The van der Waals surface area contributed by atoms with Crippen molar-refractivity contribution in [2.24, 2.45) is 0 Å². The minimum Gasteiger partial charge on any atom is -0.394 e. The fraction of sp³-hybridized carbons (Fsp3) is 0.400.